The molecule has 1 aliphatic heterocycles. The molecule has 0 radical (unpaired) electrons. The van der Waals surface area contributed by atoms with Gasteiger partial charge in [-0.15, -0.1) is 0 Å². The van der Waals surface area contributed by atoms with E-state index >= 15 is 0 Å². The molecule has 1 aliphatic rings. The van der Waals surface area contributed by atoms with Crippen LogP contribution in [0.15, 0.2) is 35.2 Å². The molecule has 1 atom stereocenters. The number of halogens is 1. The number of carbonyl (C=O) groups excluding carboxylic acids is 2. The van der Waals surface area contributed by atoms with E-state index in [1.54, 1.807) is 23.1 Å². The van der Waals surface area contributed by atoms with Gasteiger partial charge in [0, 0.05) is 42.7 Å². The van der Waals surface area contributed by atoms with E-state index in [0.717, 1.165) is 18.5 Å². The van der Waals surface area contributed by atoms with Crippen LogP contribution in [-0.2, 0) is 14.8 Å². The number of aromatic amines is 1. The Bertz CT molecular complexity index is 1010. The maximum atomic E-state index is 12.5. The molecular weight excluding hydrogens is 418 g/mol. The van der Waals surface area contributed by atoms with E-state index in [1.807, 2.05) is 0 Å². The third-order valence-corrected chi connectivity index (χ3v) is 6.50. The number of nitrogens with one attached hydrogen (secondary N) is 2. The van der Waals surface area contributed by atoms with Gasteiger partial charge in [0.05, 0.1) is 4.90 Å². The molecule has 0 aliphatic carbocycles. The van der Waals surface area contributed by atoms with Crippen LogP contribution in [0.1, 0.15) is 41.4 Å². The van der Waals surface area contributed by atoms with Gasteiger partial charge in [0.15, 0.2) is 0 Å². The summed E-state index contributed by atoms with van der Waals surface area (Å²) in [6.07, 6.45) is 1.70. The Morgan fingerprint density at radius 3 is 2.83 bits per heavy atom. The minimum Gasteiger partial charge on any atom is -0.364 e. The smallest absolute Gasteiger partial charge is 0.269 e. The molecule has 1 unspecified atom stereocenters. The number of likely N-dealkylation sites (tertiary alicyclic amines) is 1. The number of nitrogens with zero attached hydrogens (tertiary/aromatic N) is 2. The zero-order valence-electron chi connectivity index (χ0n) is 15.6. The molecule has 2 heterocycles. The predicted octanol–water partition coefficient (Wildman–Crippen LogP) is 1.24. The summed E-state index contributed by atoms with van der Waals surface area (Å²) in [5, 5.41) is 7.02. The van der Waals surface area contributed by atoms with Crippen molar-refractivity contribution in [1.82, 2.24) is 19.8 Å². The molecule has 4 N–H and O–H groups in total. The van der Waals surface area contributed by atoms with Crippen LogP contribution >= 0.6 is 11.6 Å². The number of piperidine rings is 1. The highest BCUT2D eigenvalue weighted by Crippen LogP contribution is 2.26. The normalized spacial score (nSPS) is 17.3. The Balaban J connectivity index is 1.54. The van der Waals surface area contributed by atoms with Gasteiger partial charge in [0.2, 0.25) is 15.9 Å². The van der Waals surface area contributed by atoms with Crippen LogP contribution in [-0.4, -0.2) is 55.0 Å². The molecule has 3 rings (SSSR count). The second-order valence-electron chi connectivity index (χ2n) is 6.86. The number of hydrogen-bond acceptors (Lipinski definition) is 5. The second kappa shape index (κ2) is 8.93. The number of hydrogen-bond donors (Lipinski definition) is 3. The van der Waals surface area contributed by atoms with Crippen molar-refractivity contribution in [1.29, 1.82) is 0 Å². The number of primary amides is 1. The summed E-state index contributed by atoms with van der Waals surface area (Å²) in [5.41, 5.74) is 6.15. The van der Waals surface area contributed by atoms with Gasteiger partial charge in [-0.05, 0) is 37.1 Å². The highest BCUT2D eigenvalue weighted by molar-refractivity contribution is 7.89. The molecule has 0 bridgehead atoms. The van der Waals surface area contributed by atoms with Gasteiger partial charge >= 0.3 is 0 Å². The predicted molar refractivity (Wildman–Crippen MR) is 107 cm³/mol. The topological polar surface area (TPSA) is 138 Å². The monoisotopic (exact) mass is 439 g/mol. The first kappa shape index (κ1) is 21.3. The van der Waals surface area contributed by atoms with Crippen molar-refractivity contribution >= 4 is 33.4 Å². The van der Waals surface area contributed by atoms with E-state index in [0.29, 0.717) is 18.1 Å². The van der Waals surface area contributed by atoms with E-state index in [1.165, 1.54) is 12.1 Å². The summed E-state index contributed by atoms with van der Waals surface area (Å²) in [7, 11) is -3.73. The fourth-order valence-corrected chi connectivity index (χ4v) is 4.63. The van der Waals surface area contributed by atoms with Crippen molar-refractivity contribution in [3.63, 3.8) is 0 Å². The lowest BCUT2D eigenvalue weighted by Crippen LogP contribution is -2.40. The van der Waals surface area contributed by atoms with Crippen molar-refractivity contribution in [3.8, 4) is 0 Å². The van der Waals surface area contributed by atoms with Crippen LogP contribution in [0.25, 0.3) is 0 Å². The molecule has 1 fully saturated rings. The summed E-state index contributed by atoms with van der Waals surface area (Å²) < 4.78 is 27.0. The average molecular weight is 440 g/mol. The molecule has 9 nitrogen and oxygen atoms in total. The molecule has 1 aromatic carbocycles. The Labute approximate surface area is 173 Å². The van der Waals surface area contributed by atoms with Gasteiger partial charge in [0.25, 0.3) is 5.91 Å². The summed E-state index contributed by atoms with van der Waals surface area (Å²) >= 11 is 5.83. The standard InChI is InChI=1S/C18H22ClN5O4S/c19-13-4-1-5-14(9-13)29(27,28)21-7-6-17(25)24-8-2-3-12(11-24)15-10-16(18(20)26)23-22-15/h1,4-5,9-10,12,21H,2-3,6-8,11H2,(H2,20,26)(H,22,23). The zero-order chi connectivity index (χ0) is 21.0. The Kier molecular flexibility index (Phi) is 6.56. The van der Waals surface area contributed by atoms with Gasteiger partial charge in [-0.25, -0.2) is 13.1 Å². The molecule has 1 aromatic heterocycles. The first-order valence-corrected chi connectivity index (χ1v) is 11.0. The number of amides is 2. The van der Waals surface area contributed by atoms with Gasteiger partial charge in [-0.1, -0.05) is 17.7 Å². The van der Waals surface area contributed by atoms with Crippen molar-refractivity contribution in [2.45, 2.75) is 30.1 Å². The van der Waals surface area contributed by atoms with Crippen LogP contribution in [0, 0.1) is 0 Å². The van der Waals surface area contributed by atoms with E-state index in [9.17, 15) is 18.0 Å². The number of H-pyrrole nitrogens is 1. The van der Waals surface area contributed by atoms with Crippen molar-refractivity contribution in [2.75, 3.05) is 19.6 Å². The summed E-state index contributed by atoms with van der Waals surface area (Å²) in [5.74, 6) is -0.724. The minimum atomic E-state index is -3.73. The largest absolute Gasteiger partial charge is 0.364 e. The van der Waals surface area contributed by atoms with Gasteiger partial charge in [0.1, 0.15) is 5.69 Å². The van der Waals surface area contributed by atoms with Crippen molar-refractivity contribution < 1.29 is 18.0 Å². The highest BCUT2D eigenvalue weighted by atomic mass is 35.5. The third kappa shape index (κ3) is 5.34. The molecule has 2 aromatic rings. The van der Waals surface area contributed by atoms with Gasteiger partial charge in [-0.3, -0.25) is 14.7 Å². The summed E-state index contributed by atoms with van der Waals surface area (Å²) in [6.45, 7) is 1.07. The SMILES string of the molecule is NC(=O)c1cc(C2CCCN(C(=O)CCNS(=O)(=O)c3cccc(Cl)c3)C2)[nH]n1. The number of nitrogens with two attached hydrogens (primary N) is 1. The fourth-order valence-electron chi connectivity index (χ4n) is 3.30. The maximum absolute atomic E-state index is 12.5. The molecular formula is C18H22ClN5O4S. The van der Waals surface area contributed by atoms with Crippen LogP contribution in [0.3, 0.4) is 0 Å². The minimum absolute atomic E-state index is 0.00920. The number of sulfonamides is 1. The third-order valence-electron chi connectivity index (χ3n) is 4.80. The number of benzene rings is 1. The lowest BCUT2D eigenvalue weighted by atomic mass is 9.94. The van der Waals surface area contributed by atoms with Gasteiger partial charge in [-0.2, -0.15) is 5.10 Å². The second-order valence-corrected chi connectivity index (χ2v) is 9.06. The molecule has 11 heteroatoms. The van der Waals surface area contributed by atoms with Crippen LogP contribution in [0.4, 0.5) is 0 Å². The maximum Gasteiger partial charge on any atom is 0.269 e. The molecule has 2 amide bonds. The Morgan fingerprint density at radius 1 is 1.34 bits per heavy atom. The molecule has 29 heavy (non-hydrogen) atoms. The first-order valence-electron chi connectivity index (χ1n) is 9.14. The lowest BCUT2D eigenvalue weighted by molar-refractivity contribution is -0.132. The van der Waals surface area contributed by atoms with Crippen LogP contribution < -0.4 is 10.5 Å². The number of carbonyl (C=O) groups is 2. The molecule has 0 spiro atoms. The van der Waals surface area contributed by atoms with Crippen LogP contribution in [0.2, 0.25) is 5.02 Å². The van der Waals surface area contributed by atoms with E-state index in [4.69, 9.17) is 17.3 Å². The molecule has 0 saturated carbocycles. The van der Waals surface area contributed by atoms with Crippen molar-refractivity contribution in [3.05, 3.63) is 46.7 Å². The van der Waals surface area contributed by atoms with Crippen LogP contribution in [0.5, 0.6) is 0 Å². The average Bonchev–Trinajstić information content (AvgIpc) is 3.18. The summed E-state index contributed by atoms with van der Waals surface area (Å²) in [4.78, 5) is 25.5. The highest BCUT2D eigenvalue weighted by Gasteiger charge is 2.26. The van der Waals surface area contributed by atoms with E-state index in [2.05, 4.69) is 14.9 Å². The Hall–Kier alpha value is -2.43. The molecule has 1 saturated heterocycles. The fraction of sp³-hybridized carbons (Fsp3) is 0.389. The van der Waals surface area contributed by atoms with E-state index < -0.39 is 15.9 Å². The zero-order valence-corrected chi connectivity index (χ0v) is 17.2. The lowest BCUT2D eigenvalue weighted by Gasteiger charge is -2.32. The first-order chi connectivity index (χ1) is 13.8. The summed E-state index contributed by atoms with van der Waals surface area (Å²) in [6, 6.07) is 7.54. The quantitative estimate of drug-likeness (QED) is 0.595. The molecule has 156 valence electrons. The number of aromatic nitrogens is 2. The Morgan fingerprint density at radius 2 is 2.14 bits per heavy atom. The number of rotatable bonds is 7. The van der Waals surface area contributed by atoms with Crippen molar-refractivity contribution in [2.24, 2.45) is 5.73 Å². The van der Waals surface area contributed by atoms with E-state index in [-0.39, 0.29) is 35.4 Å². The van der Waals surface area contributed by atoms with Gasteiger partial charge < -0.3 is 10.6 Å².